The van der Waals surface area contributed by atoms with E-state index in [1.54, 1.807) is 20.3 Å². The zero-order valence-electron chi connectivity index (χ0n) is 14.8. The van der Waals surface area contributed by atoms with Gasteiger partial charge in [0.25, 0.3) is 0 Å². The molecule has 1 N–H and O–H groups in total. The monoisotopic (exact) mass is 380 g/mol. The van der Waals surface area contributed by atoms with Crippen LogP contribution in [0.15, 0.2) is 61.1 Å². The first-order valence-electron chi connectivity index (χ1n) is 8.26. The predicted molar refractivity (Wildman–Crippen MR) is 107 cm³/mol. The van der Waals surface area contributed by atoms with Gasteiger partial charge in [-0.05, 0) is 48.5 Å². The van der Waals surface area contributed by atoms with Crippen molar-refractivity contribution in [3.05, 3.63) is 66.1 Å². The van der Waals surface area contributed by atoms with Crippen molar-refractivity contribution >= 4 is 34.1 Å². The summed E-state index contributed by atoms with van der Waals surface area (Å²) in [5.41, 5.74) is 2.61. The van der Waals surface area contributed by atoms with Gasteiger partial charge in [-0.1, -0.05) is 11.6 Å². The number of halogens is 1. The second-order valence-electron chi connectivity index (χ2n) is 5.82. The summed E-state index contributed by atoms with van der Waals surface area (Å²) in [6.07, 6.45) is 3.50. The molecule has 136 valence electrons. The van der Waals surface area contributed by atoms with E-state index in [-0.39, 0.29) is 0 Å². The second-order valence-corrected chi connectivity index (χ2v) is 6.22. The molecule has 0 spiro atoms. The highest BCUT2D eigenvalue weighted by atomic mass is 35.5. The highest BCUT2D eigenvalue weighted by Crippen LogP contribution is 2.31. The van der Waals surface area contributed by atoms with Crippen LogP contribution in [0, 0.1) is 0 Å². The van der Waals surface area contributed by atoms with E-state index in [2.05, 4.69) is 15.3 Å². The van der Waals surface area contributed by atoms with Crippen LogP contribution in [-0.4, -0.2) is 28.8 Å². The van der Waals surface area contributed by atoms with Gasteiger partial charge in [-0.2, -0.15) is 0 Å². The third-order valence-corrected chi connectivity index (χ3v) is 4.54. The Morgan fingerprint density at radius 1 is 0.963 bits per heavy atom. The van der Waals surface area contributed by atoms with Crippen LogP contribution in [0.3, 0.4) is 0 Å². The Hall–Kier alpha value is -3.25. The van der Waals surface area contributed by atoms with E-state index >= 15 is 0 Å². The minimum atomic E-state index is 0.531. The molecule has 0 aliphatic carbocycles. The average molecular weight is 381 g/mol. The molecule has 2 aromatic carbocycles. The van der Waals surface area contributed by atoms with Crippen LogP contribution in [0.4, 0.5) is 11.5 Å². The molecule has 0 atom stereocenters. The molecule has 0 aliphatic rings. The maximum absolute atomic E-state index is 6.21. The van der Waals surface area contributed by atoms with Crippen LogP contribution in [0.2, 0.25) is 5.02 Å². The fourth-order valence-electron chi connectivity index (χ4n) is 2.88. The van der Waals surface area contributed by atoms with Gasteiger partial charge in [-0.25, -0.2) is 9.97 Å². The van der Waals surface area contributed by atoms with Gasteiger partial charge >= 0.3 is 0 Å². The van der Waals surface area contributed by atoms with E-state index in [0.717, 1.165) is 28.2 Å². The molecule has 0 bridgehead atoms. The Balaban J connectivity index is 1.71. The number of fused-ring (bicyclic) bond motifs is 1. The van der Waals surface area contributed by atoms with Gasteiger partial charge in [0.05, 0.1) is 24.6 Å². The number of hydrogen-bond acceptors (Lipinski definition) is 5. The van der Waals surface area contributed by atoms with Crippen LogP contribution < -0.4 is 14.8 Å². The number of rotatable bonds is 5. The number of nitrogens with zero attached hydrogens (tertiary/aromatic N) is 3. The molecule has 0 saturated carbocycles. The molecular weight excluding hydrogens is 364 g/mol. The molecular formula is C20H17ClN4O2. The molecule has 0 fully saturated rings. The molecule has 0 amide bonds. The zero-order chi connectivity index (χ0) is 18.8. The van der Waals surface area contributed by atoms with E-state index in [0.29, 0.717) is 16.6 Å². The van der Waals surface area contributed by atoms with Gasteiger partial charge in [0.2, 0.25) is 0 Å². The molecule has 6 nitrogen and oxygen atoms in total. The highest BCUT2D eigenvalue weighted by molar-refractivity contribution is 6.32. The lowest BCUT2D eigenvalue weighted by molar-refractivity contribution is 0.414. The van der Waals surface area contributed by atoms with Crippen LogP contribution in [0.25, 0.3) is 16.7 Å². The fourth-order valence-corrected chi connectivity index (χ4v) is 3.14. The SMILES string of the molecule is COc1ccc(-n2ccc3c(Nc4ccc(OC)c(Cl)c4)ncnc32)cc1. The summed E-state index contributed by atoms with van der Waals surface area (Å²) >= 11 is 6.21. The lowest BCUT2D eigenvalue weighted by atomic mass is 10.3. The molecule has 0 radical (unpaired) electrons. The minimum Gasteiger partial charge on any atom is -0.497 e. The Labute approximate surface area is 161 Å². The van der Waals surface area contributed by atoms with Crippen molar-refractivity contribution in [3.63, 3.8) is 0 Å². The van der Waals surface area contributed by atoms with Crippen molar-refractivity contribution in [2.75, 3.05) is 19.5 Å². The maximum Gasteiger partial charge on any atom is 0.150 e. The number of benzene rings is 2. The van der Waals surface area contributed by atoms with Gasteiger partial charge in [0.15, 0.2) is 0 Å². The molecule has 0 unspecified atom stereocenters. The Bertz CT molecular complexity index is 1090. The molecule has 4 rings (SSSR count). The van der Waals surface area contributed by atoms with E-state index in [1.165, 1.54) is 6.33 Å². The first-order valence-corrected chi connectivity index (χ1v) is 8.64. The van der Waals surface area contributed by atoms with E-state index in [1.807, 2.05) is 53.2 Å². The number of hydrogen-bond donors (Lipinski definition) is 1. The Kier molecular flexibility index (Phi) is 4.56. The molecule has 0 aliphatic heterocycles. The summed E-state index contributed by atoms with van der Waals surface area (Å²) in [6, 6.07) is 15.3. The number of anilines is 2. The van der Waals surface area contributed by atoms with Gasteiger partial charge in [0.1, 0.15) is 29.3 Å². The number of methoxy groups -OCH3 is 2. The maximum atomic E-state index is 6.21. The smallest absolute Gasteiger partial charge is 0.150 e. The number of nitrogens with one attached hydrogen (secondary N) is 1. The van der Waals surface area contributed by atoms with E-state index < -0.39 is 0 Å². The number of ether oxygens (including phenoxy) is 2. The van der Waals surface area contributed by atoms with Crippen LogP contribution in [0.5, 0.6) is 11.5 Å². The molecule has 0 saturated heterocycles. The van der Waals surface area contributed by atoms with Crippen molar-refractivity contribution < 1.29 is 9.47 Å². The first-order chi connectivity index (χ1) is 13.2. The van der Waals surface area contributed by atoms with Crippen molar-refractivity contribution in [1.29, 1.82) is 0 Å². The Morgan fingerprint density at radius 3 is 2.48 bits per heavy atom. The van der Waals surface area contributed by atoms with Crippen LogP contribution >= 0.6 is 11.6 Å². The van der Waals surface area contributed by atoms with Gasteiger partial charge in [-0.15, -0.1) is 0 Å². The molecule has 2 aromatic heterocycles. The van der Waals surface area contributed by atoms with Crippen LogP contribution in [-0.2, 0) is 0 Å². The minimum absolute atomic E-state index is 0.531. The summed E-state index contributed by atoms with van der Waals surface area (Å²) in [7, 11) is 3.24. The van der Waals surface area contributed by atoms with Crippen LogP contribution in [0.1, 0.15) is 0 Å². The average Bonchev–Trinajstić information content (AvgIpc) is 3.13. The number of aromatic nitrogens is 3. The summed E-state index contributed by atoms with van der Waals surface area (Å²) in [5, 5.41) is 4.73. The third kappa shape index (κ3) is 3.27. The summed E-state index contributed by atoms with van der Waals surface area (Å²) in [5.74, 6) is 2.14. The fraction of sp³-hybridized carbons (Fsp3) is 0.100. The molecule has 2 heterocycles. The largest absolute Gasteiger partial charge is 0.497 e. The van der Waals surface area contributed by atoms with Gasteiger partial charge in [0, 0.05) is 17.6 Å². The quantitative estimate of drug-likeness (QED) is 0.537. The highest BCUT2D eigenvalue weighted by Gasteiger charge is 2.11. The van der Waals surface area contributed by atoms with Crippen molar-refractivity contribution in [1.82, 2.24) is 14.5 Å². The standard InChI is InChI=1S/C20H17ClN4O2/c1-26-15-6-4-14(5-7-15)25-10-9-16-19(22-12-23-20(16)25)24-13-3-8-18(27-2)17(21)11-13/h3-12H,1-2H3,(H,22,23,24). The van der Waals surface area contributed by atoms with Crippen molar-refractivity contribution in [2.45, 2.75) is 0 Å². The summed E-state index contributed by atoms with van der Waals surface area (Å²) in [6.45, 7) is 0. The van der Waals surface area contributed by atoms with Gasteiger partial charge < -0.3 is 19.4 Å². The Morgan fingerprint density at radius 2 is 1.78 bits per heavy atom. The zero-order valence-corrected chi connectivity index (χ0v) is 15.6. The van der Waals surface area contributed by atoms with E-state index in [9.17, 15) is 0 Å². The van der Waals surface area contributed by atoms with Gasteiger partial charge in [-0.3, -0.25) is 0 Å². The predicted octanol–water partition coefficient (Wildman–Crippen LogP) is 4.83. The second kappa shape index (κ2) is 7.17. The molecule has 27 heavy (non-hydrogen) atoms. The normalized spacial score (nSPS) is 10.8. The van der Waals surface area contributed by atoms with Crippen molar-refractivity contribution in [2.24, 2.45) is 0 Å². The molecule has 7 heteroatoms. The summed E-state index contributed by atoms with van der Waals surface area (Å²) in [4.78, 5) is 8.82. The first kappa shape index (κ1) is 17.2. The summed E-state index contributed by atoms with van der Waals surface area (Å²) < 4.78 is 12.4. The van der Waals surface area contributed by atoms with E-state index in [4.69, 9.17) is 21.1 Å². The topological polar surface area (TPSA) is 61.2 Å². The lowest BCUT2D eigenvalue weighted by Crippen LogP contribution is -1.98. The lowest BCUT2D eigenvalue weighted by Gasteiger charge is -2.10. The van der Waals surface area contributed by atoms with Crippen molar-refractivity contribution in [3.8, 4) is 17.2 Å². The third-order valence-electron chi connectivity index (χ3n) is 4.25. The molecule has 4 aromatic rings.